The maximum atomic E-state index is 13.4. The Morgan fingerprint density at radius 2 is 1.80 bits per heavy atom. The Morgan fingerprint density at radius 1 is 1.33 bits per heavy atom. The average Bonchev–Trinajstić information content (AvgIpc) is 2.16. The van der Waals surface area contributed by atoms with Gasteiger partial charge in [-0.2, -0.15) is 0 Å². The number of rotatable bonds is 3. The molecular weight excluding hydrogens is 229 g/mol. The first-order valence-electron chi connectivity index (χ1n) is 4.20. The van der Waals surface area contributed by atoms with Crippen molar-refractivity contribution in [3.63, 3.8) is 0 Å². The van der Waals surface area contributed by atoms with E-state index in [1.54, 1.807) is 0 Å². The number of benzene rings is 1. The molecule has 1 aromatic rings. The molecule has 0 aliphatic rings. The Morgan fingerprint density at radius 3 is 2.13 bits per heavy atom. The molecule has 5 heteroatoms. The number of hydrogen-bond acceptors (Lipinski definition) is 1. The molecule has 0 amide bonds. The van der Waals surface area contributed by atoms with Crippen LogP contribution < -0.4 is 4.74 Å². The van der Waals surface area contributed by atoms with Crippen LogP contribution in [0.3, 0.4) is 0 Å². The van der Waals surface area contributed by atoms with E-state index in [-0.39, 0.29) is 5.75 Å². The van der Waals surface area contributed by atoms with E-state index in [4.69, 9.17) is 11.6 Å². The number of halogens is 4. The molecule has 0 aromatic heterocycles. The first-order valence-corrected chi connectivity index (χ1v) is 4.58. The van der Waals surface area contributed by atoms with Gasteiger partial charge in [-0.3, -0.25) is 0 Å². The van der Waals surface area contributed by atoms with Crippen molar-refractivity contribution in [3.8, 4) is 5.75 Å². The molecule has 1 unspecified atom stereocenters. The minimum absolute atomic E-state index is 0.0278. The van der Waals surface area contributed by atoms with Crippen LogP contribution in [0.1, 0.15) is 12.5 Å². The molecule has 1 aromatic carbocycles. The van der Waals surface area contributed by atoms with Crippen LogP contribution in [-0.4, -0.2) is 13.8 Å². The van der Waals surface area contributed by atoms with E-state index in [1.807, 2.05) is 0 Å². The predicted molar refractivity (Wildman–Crippen MR) is 52.1 cm³/mol. The molecule has 0 fully saturated rings. The van der Waals surface area contributed by atoms with Crippen LogP contribution >= 0.6 is 11.6 Å². The van der Waals surface area contributed by atoms with Crippen molar-refractivity contribution in [2.75, 3.05) is 13.8 Å². The standard InChI is InChI=1S/C10H10ClF3O/c1-10(11,5-12)9-7(13)3-6(15-2)4-8(9)14/h3-4H,5H2,1-2H3. The quantitative estimate of drug-likeness (QED) is 0.734. The van der Waals surface area contributed by atoms with Gasteiger partial charge in [-0.1, -0.05) is 0 Å². The van der Waals surface area contributed by atoms with E-state index in [9.17, 15) is 13.2 Å². The third-order valence-electron chi connectivity index (χ3n) is 2.02. The van der Waals surface area contributed by atoms with Gasteiger partial charge in [-0.25, -0.2) is 13.2 Å². The summed E-state index contributed by atoms with van der Waals surface area (Å²) in [6, 6.07) is 1.93. The van der Waals surface area contributed by atoms with Crippen molar-refractivity contribution < 1.29 is 17.9 Å². The summed E-state index contributed by atoms with van der Waals surface area (Å²) in [4.78, 5) is -1.69. The Balaban J connectivity index is 3.31. The van der Waals surface area contributed by atoms with Crippen LogP contribution in [-0.2, 0) is 4.87 Å². The molecule has 84 valence electrons. The van der Waals surface area contributed by atoms with E-state index in [0.717, 1.165) is 12.1 Å². The first kappa shape index (κ1) is 12.2. The van der Waals surface area contributed by atoms with Crippen molar-refractivity contribution in [2.24, 2.45) is 0 Å². The molecule has 0 bridgehead atoms. The third kappa shape index (κ3) is 2.37. The molecular formula is C10H10ClF3O. The lowest BCUT2D eigenvalue weighted by Gasteiger charge is -2.20. The van der Waals surface area contributed by atoms with Gasteiger partial charge in [-0.15, -0.1) is 11.6 Å². The molecule has 0 aliphatic carbocycles. The maximum Gasteiger partial charge on any atom is 0.134 e. The van der Waals surface area contributed by atoms with Crippen LogP contribution in [0.15, 0.2) is 12.1 Å². The molecule has 0 N–H and O–H groups in total. The number of hydrogen-bond donors (Lipinski definition) is 0. The monoisotopic (exact) mass is 238 g/mol. The van der Waals surface area contributed by atoms with Gasteiger partial charge >= 0.3 is 0 Å². The highest BCUT2D eigenvalue weighted by Crippen LogP contribution is 2.35. The smallest absolute Gasteiger partial charge is 0.134 e. The molecule has 0 aliphatic heterocycles. The molecule has 0 spiro atoms. The summed E-state index contributed by atoms with van der Waals surface area (Å²) in [6.07, 6.45) is 0. The summed E-state index contributed by atoms with van der Waals surface area (Å²) < 4.78 is 44.0. The summed E-state index contributed by atoms with van der Waals surface area (Å²) in [6.45, 7) is 0.150. The Bertz CT molecular complexity index is 343. The van der Waals surface area contributed by atoms with E-state index in [2.05, 4.69) is 4.74 Å². The Kier molecular flexibility index (Phi) is 3.50. The van der Waals surface area contributed by atoms with Crippen LogP contribution in [0, 0.1) is 11.6 Å². The van der Waals surface area contributed by atoms with E-state index in [1.165, 1.54) is 14.0 Å². The van der Waals surface area contributed by atoms with Gasteiger partial charge in [0.2, 0.25) is 0 Å². The number of alkyl halides is 2. The lowest BCUT2D eigenvalue weighted by Crippen LogP contribution is -2.20. The van der Waals surface area contributed by atoms with Gasteiger partial charge in [0.05, 0.1) is 7.11 Å². The van der Waals surface area contributed by atoms with Crippen LogP contribution in [0.5, 0.6) is 5.75 Å². The third-order valence-corrected chi connectivity index (χ3v) is 2.31. The lowest BCUT2D eigenvalue weighted by atomic mass is 10.00. The summed E-state index contributed by atoms with van der Waals surface area (Å²) in [7, 11) is 1.28. The van der Waals surface area contributed by atoms with E-state index < -0.39 is 28.7 Å². The fourth-order valence-corrected chi connectivity index (χ4v) is 1.41. The topological polar surface area (TPSA) is 9.23 Å². The normalized spacial score (nSPS) is 14.8. The molecule has 0 heterocycles. The van der Waals surface area contributed by atoms with Crippen LogP contribution in [0.4, 0.5) is 13.2 Å². The van der Waals surface area contributed by atoms with Crippen LogP contribution in [0.2, 0.25) is 0 Å². The summed E-state index contributed by atoms with van der Waals surface area (Å²) in [5.74, 6) is -1.80. The van der Waals surface area contributed by atoms with Crippen molar-refractivity contribution in [1.82, 2.24) is 0 Å². The highest BCUT2D eigenvalue weighted by atomic mass is 35.5. The molecule has 0 saturated heterocycles. The SMILES string of the molecule is COc1cc(F)c(C(C)(Cl)CF)c(F)c1. The first-order chi connectivity index (χ1) is 6.92. The Labute approximate surface area is 90.8 Å². The average molecular weight is 239 g/mol. The van der Waals surface area contributed by atoms with E-state index in [0.29, 0.717) is 0 Å². The lowest BCUT2D eigenvalue weighted by molar-refractivity contribution is 0.380. The summed E-state index contributed by atoms with van der Waals surface area (Å²) in [5.41, 5.74) is -0.479. The molecule has 0 radical (unpaired) electrons. The second-order valence-corrected chi connectivity index (χ2v) is 4.13. The largest absolute Gasteiger partial charge is 0.497 e. The van der Waals surface area contributed by atoms with Crippen molar-refractivity contribution in [1.29, 1.82) is 0 Å². The highest BCUT2D eigenvalue weighted by Gasteiger charge is 2.31. The fraction of sp³-hybridized carbons (Fsp3) is 0.400. The zero-order valence-electron chi connectivity index (χ0n) is 8.28. The van der Waals surface area contributed by atoms with Gasteiger partial charge in [0.25, 0.3) is 0 Å². The number of methoxy groups -OCH3 is 1. The second kappa shape index (κ2) is 4.31. The van der Waals surface area contributed by atoms with Crippen LogP contribution in [0.25, 0.3) is 0 Å². The number of ether oxygens (including phenoxy) is 1. The van der Waals surface area contributed by atoms with Crippen molar-refractivity contribution in [3.05, 3.63) is 29.3 Å². The van der Waals surface area contributed by atoms with E-state index >= 15 is 0 Å². The zero-order valence-corrected chi connectivity index (χ0v) is 9.04. The van der Waals surface area contributed by atoms with Crippen molar-refractivity contribution in [2.45, 2.75) is 11.8 Å². The van der Waals surface area contributed by atoms with Crippen molar-refractivity contribution >= 4 is 11.6 Å². The molecule has 1 atom stereocenters. The Hall–Kier alpha value is -0.900. The second-order valence-electron chi connectivity index (χ2n) is 3.30. The maximum absolute atomic E-state index is 13.4. The molecule has 1 rings (SSSR count). The summed E-state index contributed by atoms with van der Waals surface area (Å²) in [5, 5.41) is 0. The minimum Gasteiger partial charge on any atom is -0.497 e. The predicted octanol–water partition coefficient (Wildman–Crippen LogP) is 3.40. The van der Waals surface area contributed by atoms with Gasteiger partial charge < -0.3 is 4.74 Å². The van der Waals surface area contributed by atoms with Gasteiger partial charge in [0, 0.05) is 17.7 Å². The van der Waals surface area contributed by atoms with Gasteiger partial charge in [-0.05, 0) is 6.92 Å². The zero-order chi connectivity index (χ0) is 11.6. The minimum atomic E-state index is -1.69. The summed E-state index contributed by atoms with van der Waals surface area (Å²) >= 11 is 5.66. The highest BCUT2D eigenvalue weighted by molar-refractivity contribution is 6.23. The fourth-order valence-electron chi connectivity index (χ4n) is 1.23. The van der Waals surface area contributed by atoms with Gasteiger partial charge in [0.1, 0.15) is 28.9 Å². The van der Waals surface area contributed by atoms with Gasteiger partial charge in [0.15, 0.2) is 0 Å². The molecule has 1 nitrogen and oxygen atoms in total. The molecule has 15 heavy (non-hydrogen) atoms. The molecule has 0 saturated carbocycles.